The van der Waals surface area contributed by atoms with Gasteiger partial charge in [0.2, 0.25) is 11.9 Å². The number of carbonyl (C=O) groups is 2. The van der Waals surface area contributed by atoms with Gasteiger partial charge in [0.25, 0.3) is 0 Å². The zero-order chi connectivity index (χ0) is 37.1. The number of allylic oxidation sites excluding steroid dienone is 1. The maximum absolute atomic E-state index is 13.9. The molecule has 2 aliphatic carbocycles. The average Bonchev–Trinajstić information content (AvgIpc) is 3.40. The van der Waals surface area contributed by atoms with E-state index in [1.807, 2.05) is 24.6 Å². The van der Waals surface area contributed by atoms with Gasteiger partial charge in [0, 0.05) is 50.0 Å². The molecule has 6 heterocycles. The quantitative estimate of drug-likeness (QED) is 0.216. The molecular weight excluding hydrogens is 680 g/mol. The van der Waals surface area contributed by atoms with Crippen LogP contribution in [0.1, 0.15) is 52.0 Å². The van der Waals surface area contributed by atoms with Gasteiger partial charge in [-0.15, -0.1) is 0 Å². The lowest BCUT2D eigenvalue weighted by atomic mass is 9.43. The van der Waals surface area contributed by atoms with E-state index >= 15 is 0 Å². The number of esters is 1. The molecule has 8 rings (SSSR count). The molecule has 2 aromatic rings. The van der Waals surface area contributed by atoms with Crippen molar-refractivity contribution in [2.75, 3.05) is 46.1 Å². The molecule has 2 aromatic heterocycles. The number of cyclic esters (lactones) is 1. The zero-order valence-corrected chi connectivity index (χ0v) is 30.8. The molecule has 6 unspecified atom stereocenters. The number of epoxide rings is 1. The van der Waals surface area contributed by atoms with Crippen molar-refractivity contribution in [3.8, 4) is 0 Å². The lowest BCUT2D eigenvalue weighted by Crippen LogP contribution is -2.68. The summed E-state index contributed by atoms with van der Waals surface area (Å²) in [5, 5.41) is 28.6. The van der Waals surface area contributed by atoms with Gasteiger partial charge >= 0.3 is 5.97 Å². The van der Waals surface area contributed by atoms with Gasteiger partial charge in [0.1, 0.15) is 16.9 Å². The van der Waals surface area contributed by atoms with Crippen LogP contribution in [0, 0.1) is 22.7 Å². The number of hydrogen-bond donors (Lipinski definition) is 4. The molecule has 2 saturated heterocycles. The lowest BCUT2D eigenvalue weighted by Gasteiger charge is -2.64. The number of nitrogens with zero attached hydrogens (tertiary/aromatic N) is 6. The number of ether oxygens (including phenoxy) is 3. The molecular formula is C38H50N8O7. The van der Waals surface area contributed by atoms with Crippen molar-refractivity contribution in [2.24, 2.45) is 39.7 Å². The van der Waals surface area contributed by atoms with Crippen LogP contribution < -0.4 is 10.6 Å². The highest BCUT2D eigenvalue weighted by molar-refractivity contribution is 6.04. The van der Waals surface area contributed by atoms with Crippen molar-refractivity contribution < 1.29 is 34.0 Å². The number of fused-ring (bicyclic) bond motifs is 2. The van der Waals surface area contributed by atoms with E-state index < -0.39 is 35.2 Å². The minimum absolute atomic E-state index is 0.0271. The smallest absolute Gasteiger partial charge is 0.341 e. The Kier molecular flexibility index (Phi) is 9.39. The van der Waals surface area contributed by atoms with E-state index in [4.69, 9.17) is 14.2 Å². The first-order valence-electron chi connectivity index (χ1n) is 18.8. The van der Waals surface area contributed by atoms with Crippen LogP contribution in [0.4, 0.5) is 0 Å². The van der Waals surface area contributed by atoms with Crippen LogP contribution in [-0.4, -0.2) is 130 Å². The van der Waals surface area contributed by atoms with Crippen LogP contribution >= 0.6 is 0 Å². The summed E-state index contributed by atoms with van der Waals surface area (Å²) in [5.41, 5.74) is 1.01. The molecule has 0 aromatic carbocycles. The summed E-state index contributed by atoms with van der Waals surface area (Å²) in [6.45, 7) is 9.67. The Bertz CT molecular complexity index is 1900. The van der Waals surface area contributed by atoms with Gasteiger partial charge in [-0.1, -0.05) is 13.8 Å². The van der Waals surface area contributed by atoms with Crippen LogP contribution in [0.3, 0.4) is 0 Å². The first-order valence-corrected chi connectivity index (χ1v) is 18.8. The summed E-state index contributed by atoms with van der Waals surface area (Å²) in [5.74, 6) is -0.334. The molecule has 0 bridgehead atoms. The van der Waals surface area contributed by atoms with Crippen molar-refractivity contribution in [3.63, 3.8) is 0 Å². The molecule has 4 fully saturated rings. The number of aryl methyl sites for hydroxylation is 1. The van der Waals surface area contributed by atoms with E-state index in [9.17, 15) is 19.8 Å². The maximum atomic E-state index is 13.9. The van der Waals surface area contributed by atoms with Gasteiger partial charge in [0.05, 0.1) is 57.0 Å². The summed E-state index contributed by atoms with van der Waals surface area (Å²) in [6, 6.07) is 0.576. The number of aromatic nitrogens is 3. The van der Waals surface area contributed by atoms with Crippen LogP contribution in [0.2, 0.25) is 0 Å². The molecule has 0 radical (unpaired) electrons. The second kappa shape index (κ2) is 13.8. The molecule has 4 aliphatic heterocycles. The Labute approximate surface area is 308 Å². The summed E-state index contributed by atoms with van der Waals surface area (Å²) >= 11 is 0. The molecule has 9 atom stereocenters. The molecule has 2 saturated carbocycles. The molecule has 53 heavy (non-hydrogen) atoms. The average molecular weight is 731 g/mol. The highest BCUT2D eigenvalue weighted by Crippen LogP contribution is 2.67. The van der Waals surface area contributed by atoms with Crippen molar-refractivity contribution in [2.45, 2.75) is 76.3 Å². The number of amides is 1. The number of imidazole rings is 1. The monoisotopic (exact) mass is 730 g/mol. The lowest BCUT2D eigenvalue weighted by molar-refractivity contribution is -0.197. The second-order valence-corrected chi connectivity index (χ2v) is 16.1. The van der Waals surface area contributed by atoms with E-state index in [0.717, 1.165) is 42.7 Å². The van der Waals surface area contributed by atoms with E-state index in [1.54, 1.807) is 37.8 Å². The summed E-state index contributed by atoms with van der Waals surface area (Å²) in [6.07, 6.45) is 10.4. The normalized spacial score (nSPS) is 36.0. The van der Waals surface area contributed by atoms with E-state index in [0.29, 0.717) is 50.5 Å². The number of aliphatic hydroxyl groups excluding tert-OH is 2. The number of guanidine groups is 1. The van der Waals surface area contributed by atoms with Crippen LogP contribution in [0.5, 0.6) is 0 Å². The van der Waals surface area contributed by atoms with E-state index in [-0.39, 0.29) is 41.8 Å². The van der Waals surface area contributed by atoms with Gasteiger partial charge in [0.15, 0.2) is 5.65 Å². The third kappa shape index (κ3) is 6.34. The van der Waals surface area contributed by atoms with Crippen molar-refractivity contribution in [1.29, 1.82) is 0 Å². The number of rotatable bonds is 9. The molecule has 1 amide bonds. The Balaban J connectivity index is 1.17. The number of pyridine rings is 1. The summed E-state index contributed by atoms with van der Waals surface area (Å²) < 4.78 is 20.1. The van der Waals surface area contributed by atoms with Crippen molar-refractivity contribution >= 4 is 41.3 Å². The number of carbonyl (C=O) groups excluding carboxylic acids is 2. The SMILES string of the molecule is CC(NC(CC1C2(CO2)C(N2CCOCC2)CC2[C@]1(C)CC[C@@H](O)[C@@]2(C)CO)C1=C/C(=C\c2cnc3c(c2)ncn3C)OC1=O)C(=O)NC1=NCC=N1. The van der Waals surface area contributed by atoms with Crippen LogP contribution in [0.15, 0.2) is 46.0 Å². The number of aliphatic imine (C=N–C) groups is 2. The minimum atomic E-state index is -0.731. The molecule has 15 heteroatoms. The fraction of sp³-hybridized carbons (Fsp3) is 0.632. The number of aliphatic hydroxyl groups is 2. The fourth-order valence-corrected chi connectivity index (χ4v) is 10.1. The van der Waals surface area contributed by atoms with E-state index in [1.165, 1.54) is 0 Å². The zero-order valence-electron chi connectivity index (χ0n) is 30.8. The highest BCUT2D eigenvalue weighted by Gasteiger charge is 2.71. The summed E-state index contributed by atoms with van der Waals surface area (Å²) in [7, 11) is 1.88. The van der Waals surface area contributed by atoms with Gasteiger partial charge in [-0.3, -0.25) is 20.3 Å². The topological polar surface area (TPSA) is 188 Å². The van der Waals surface area contributed by atoms with Crippen LogP contribution in [-0.2, 0) is 30.8 Å². The first-order chi connectivity index (χ1) is 25.4. The standard InChI is InChI=1S/C38H50N8O7/c1-22(33(49)44-35-39-7-8-40-35)43-26(25-15-24(53-34(25)50)13-23-14-27-32(41-18-23)45(4)21-42-27)16-29-36(2)6-5-31(48)37(3,19-47)28(36)17-30(38(29)20-52-38)46-9-11-51-12-10-46/h7,13-15,18,21-22,26,28-31,43,47-48H,5-6,8-12,16-17,19-20H2,1-4H3,(H,40,44,49)/b24-13+/t22?,26?,28?,29?,30?,31-,36+,37+,38?/m1/s1. The molecule has 284 valence electrons. The first kappa shape index (κ1) is 36.1. The maximum Gasteiger partial charge on any atom is 0.341 e. The third-order valence-corrected chi connectivity index (χ3v) is 13.1. The number of morpholine rings is 1. The Morgan fingerprint density at radius 2 is 2.02 bits per heavy atom. The molecule has 1 spiro atoms. The second-order valence-electron chi connectivity index (χ2n) is 16.1. The molecule has 6 aliphatic rings. The fourth-order valence-electron chi connectivity index (χ4n) is 10.1. The largest absolute Gasteiger partial charge is 0.423 e. The Hall–Kier alpha value is -3.86. The number of nitrogens with one attached hydrogen (secondary N) is 2. The predicted molar refractivity (Wildman–Crippen MR) is 196 cm³/mol. The van der Waals surface area contributed by atoms with Gasteiger partial charge in [-0.2, -0.15) is 0 Å². The van der Waals surface area contributed by atoms with Crippen molar-refractivity contribution in [3.05, 3.63) is 41.6 Å². The van der Waals surface area contributed by atoms with Crippen LogP contribution in [0.25, 0.3) is 17.2 Å². The highest BCUT2D eigenvalue weighted by atomic mass is 16.6. The predicted octanol–water partition coefficient (Wildman–Crippen LogP) is 1.35. The van der Waals surface area contributed by atoms with Gasteiger partial charge in [-0.05, 0) is 73.6 Å². The third-order valence-electron chi connectivity index (χ3n) is 13.1. The van der Waals surface area contributed by atoms with E-state index in [2.05, 4.69) is 42.4 Å². The van der Waals surface area contributed by atoms with Gasteiger partial charge in [-0.25, -0.2) is 24.7 Å². The van der Waals surface area contributed by atoms with Gasteiger partial charge < -0.3 is 29.0 Å². The molecule has 15 nitrogen and oxygen atoms in total. The summed E-state index contributed by atoms with van der Waals surface area (Å²) in [4.78, 5) is 47.1. The Morgan fingerprint density at radius 3 is 2.74 bits per heavy atom. The number of hydrogen-bond acceptors (Lipinski definition) is 13. The minimum Gasteiger partial charge on any atom is -0.423 e. The van der Waals surface area contributed by atoms with Crippen molar-refractivity contribution in [1.82, 2.24) is 30.1 Å². The Morgan fingerprint density at radius 1 is 1.23 bits per heavy atom. The molecule has 4 N–H and O–H groups in total.